The van der Waals surface area contributed by atoms with E-state index in [1.54, 1.807) is 6.20 Å². The lowest BCUT2D eigenvalue weighted by atomic mass is 10.0. The van der Waals surface area contributed by atoms with Gasteiger partial charge in [-0.1, -0.05) is 48.5 Å². The van der Waals surface area contributed by atoms with Crippen molar-refractivity contribution in [2.24, 2.45) is 0 Å². The molecule has 38 heavy (non-hydrogen) atoms. The maximum absolute atomic E-state index is 12.8. The number of nitrogens with zero attached hydrogens (tertiary/aromatic N) is 2. The normalized spacial score (nSPS) is 11.6. The zero-order valence-corrected chi connectivity index (χ0v) is 22.1. The summed E-state index contributed by atoms with van der Waals surface area (Å²) in [5.41, 5.74) is 9.17. The van der Waals surface area contributed by atoms with Crippen molar-refractivity contribution in [3.8, 4) is 0 Å². The smallest absolute Gasteiger partial charge is 0.339 e. The summed E-state index contributed by atoms with van der Waals surface area (Å²) in [7, 11) is 0. The molecular weight excluding hydrogens is 476 g/mol. The average Bonchev–Trinajstić information content (AvgIpc) is 3.21. The molecule has 0 saturated carbocycles. The summed E-state index contributed by atoms with van der Waals surface area (Å²) in [5, 5.41) is 6.76. The molecule has 2 aromatic heterocycles. The van der Waals surface area contributed by atoms with Crippen molar-refractivity contribution in [3.05, 3.63) is 118 Å². The van der Waals surface area contributed by atoms with Crippen molar-refractivity contribution in [2.75, 3.05) is 10.6 Å². The van der Waals surface area contributed by atoms with Gasteiger partial charge in [0.2, 0.25) is 0 Å². The lowest BCUT2D eigenvalue weighted by Gasteiger charge is -2.14. The number of aldehydes is 1. The molecule has 0 fully saturated rings. The Bertz CT molecular complexity index is 1500. The third-order valence-electron chi connectivity index (χ3n) is 6.49. The molecule has 0 aliphatic carbocycles. The number of allylic oxidation sites excluding steroid dienone is 1. The average molecular weight is 509 g/mol. The number of fused-ring (bicyclic) bond motifs is 1. The van der Waals surface area contributed by atoms with Crippen LogP contribution in [0.15, 0.2) is 84.7 Å². The first-order valence-corrected chi connectivity index (χ1v) is 12.4. The lowest BCUT2D eigenvalue weighted by molar-refractivity contribution is -0.139. The minimum Gasteiger partial charge on any atom is -0.457 e. The number of benzene rings is 2. The number of aromatic nitrogens is 2. The number of hydrogen-bond donors (Lipinski definition) is 2. The largest absolute Gasteiger partial charge is 0.457 e. The molecule has 194 valence electrons. The van der Waals surface area contributed by atoms with Gasteiger partial charge in [0.1, 0.15) is 12.9 Å². The summed E-state index contributed by atoms with van der Waals surface area (Å²) in [4.78, 5) is 28.5. The van der Waals surface area contributed by atoms with E-state index in [4.69, 9.17) is 9.72 Å². The van der Waals surface area contributed by atoms with Gasteiger partial charge in [-0.15, -0.1) is 0 Å². The van der Waals surface area contributed by atoms with Gasteiger partial charge in [-0.25, -0.2) is 9.78 Å². The Morgan fingerprint density at radius 1 is 1.03 bits per heavy atom. The number of ether oxygens (including phenoxy) is 1. The molecule has 7 nitrogen and oxygen atoms in total. The molecule has 2 N–H and O–H groups in total. The SMILES string of the molecule is Cc1cccc(C)c1CNc1cc(N/C=C(\C=C/C=O)C(=O)OCc2ccccc2)cn2c(C)c(C)nc12. The second-order valence-electron chi connectivity index (χ2n) is 9.14. The van der Waals surface area contributed by atoms with Gasteiger partial charge in [0.15, 0.2) is 5.65 Å². The number of carbonyl (C=O) groups excluding carboxylic acids is 2. The molecule has 2 heterocycles. The fourth-order valence-corrected chi connectivity index (χ4v) is 4.18. The molecule has 0 bridgehead atoms. The van der Waals surface area contributed by atoms with Crippen molar-refractivity contribution in [1.82, 2.24) is 9.38 Å². The topological polar surface area (TPSA) is 84.7 Å². The second kappa shape index (κ2) is 12.1. The first-order valence-electron chi connectivity index (χ1n) is 12.4. The summed E-state index contributed by atoms with van der Waals surface area (Å²) < 4.78 is 7.48. The number of rotatable bonds is 10. The van der Waals surface area contributed by atoms with E-state index in [1.807, 2.05) is 60.8 Å². The molecule has 0 spiro atoms. The molecule has 0 amide bonds. The zero-order valence-electron chi connectivity index (χ0n) is 22.1. The molecule has 0 radical (unpaired) electrons. The number of imidazole rings is 1. The minimum atomic E-state index is -0.538. The fraction of sp³-hybridized carbons (Fsp3) is 0.194. The maximum atomic E-state index is 12.8. The second-order valence-corrected chi connectivity index (χ2v) is 9.14. The number of carbonyl (C=O) groups is 2. The van der Waals surface area contributed by atoms with Crippen molar-refractivity contribution in [1.29, 1.82) is 0 Å². The first kappa shape index (κ1) is 26.4. The molecular formula is C31H32N4O3. The van der Waals surface area contributed by atoms with Gasteiger partial charge in [0.05, 0.1) is 22.6 Å². The van der Waals surface area contributed by atoms with Crippen molar-refractivity contribution in [2.45, 2.75) is 40.8 Å². The molecule has 4 aromatic rings. The predicted molar refractivity (Wildman–Crippen MR) is 151 cm³/mol. The summed E-state index contributed by atoms with van der Waals surface area (Å²) in [5.74, 6) is -0.538. The van der Waals surface area contributed by atoms with Crippen molar-refractivity contribution in [3.63, 3.8) is 0 Å². The summed E-state index contributed by atoms with van der Waals surface area (Å²) in [6, 6.07) is 17.7. The van der Waals surface area contributed by atoms with Gasteiger partial charge in [-0.3, -0.25) is 4.79 Å². The third-order valence-corrected chi connectivity index (χ3v) is 6.49. The molecule has 0 unspecified atom stereocenters. The molecule has 0 aliphatic rings. The monoisotopic (exact) mass is 508 g/mol. The molecule has 0 atom stereocenters. The zero-order chi connectivity index (χ0) is 27.1. The lowest BCUT2D eigenvalue weighted by Crippen LogP contribution is -2.09. The Balaban J connectivity index is 1.60. The van der Waals surface area contributed by atoms with Crippen LogP contribution in [-0.2, 0) is 27.5 Å². The number of hydrogen-bond acceptors (Lipinski definition) is 6. The number of anilines is 2. The Labute approximate surface area is 222 Å². The number of pyridine rings is 1. The fourth-order valence-electron chi connectivity index (χ4n) is 4.18. The Kier molecular flexibility index (Phi) is 8.38. The summed E-state index contributed by atoms with van der Waals surface area (Å²) in [6.07, 6.45) is 6.79. The van der Waals surface area contributed by atoms with Crippen LogP contribution in [0.25, 0.3) is 5.65 Å². The Morgan fingerprint density at radius 3 is 2.47 bits per heavy atom. The standard InChI is InChI=1S/C31H32N4O3/c1-21-10-8-11-22(2)28(21)18-33-29-16-27(19-35-24(4)23(3)34-30(29)35)32-17-26(14-9-15-36)31(37)38-20-25-12-6-5-7-13-25/h5-17,19,32-33H,18,20H2,1-4H3/b14-9-,26-17+. The Morgan fingerprint density at radius 2 is 1.76 bits per heavy atom. The van der Waals surface area contributed by atoms with E-state index in [0.717, 1.165) is 34.0 Å². The van der Waals surface area contributed by atoms with E-state index < -0.39 is 5.97 Å². The number of nitrogens with one attached hydrogen (secondary N) is 2. The highest BCUT2D eigenvalue weighted by Crippen LogP contribution is 2.26. The van der Waals surface area contributed by atoms with Crippen molar-refractivity contribution >= 4 is 29.3 Å². The van der Waals surface area contributed by atoms with E-state index in [9.17, 15) is 9.59 Å². The summed E-state index contributed by atoms with van der Waals surface area (Å²) >= 11 is 0. The highest BCUT2D eigenvalue weighted by molar-refractivity contribution is 5.93. The third kappa shape index (κ3) is 6.18. The van der Waals surface area contributed by atoms with Gasteiger partial charge >= 0.3 is 5.97 Å². The minimum absolute atomic E-state index is 0.137. The Hall–Kier alpha value is -4.65. The molecule has 2 aromatic carbocycles. The first-order chi connectivity index (χ1) is 18.4. The number of esters is 1. The van der Waals surface area contributed by atoms with Gasteiger partial charge < -0.3 is 19.8 Å². The van der Waals surface area contributed by atoms with Crippen LogP contribution in [0, 0.1) is 27.7 Å². The molecule has 0 saturated heterocycles. The highest BCUT2D eigenvalue weighted by atomic mass is 16.5. The van der Waals surface area contributed by atoms with Crippen LogP contribution in [0.4, 0.5) is 11.4 Å². The molecule has 4 rings (SSSR count). The molecule has 0 aliphatic heterocycles. The van der Waals surface area contributed by atoms with Gasteiger partial charge in [0.25, 0.3) is 0 Å². The van der Waals surface area contributed by atoms with E-state index >= 15 is 0 Å². The van der Waals surface area contributed by atoms with E-state index in [0.29, 0.717) is 12.8 Å². The maximum Gasteiger partial charge on any atom is 0.339 e. The quantitative estimate of drug-likeness (QED) is 0.119. The van der Waals surface area contributed by atoms with Crippen LogP contribution in [0.2, 0.25) is 0 Å². The van der Waals surface area contributed by atoms with Gasteiger partial charge in [-0.2, -0.15) is 0 Å². The molecule has 7 heteroatoms. The van der Waals surface area contributed by atoms with Gasteiger partial charge in [0, 0.05) is 24.6 Å². The van der Waals surface area contributed by atoms with Crippen LogP contribution < -0.4 is 10.6 Å². The van der Waals surface area contributed by atoms with Gasteiger partial charge in [-0.05, 0) is 68.2 Å². The van der Waals surface area contributed by atoms with E-state index in [1.165, 1.54) is 28.8 Å². The van der Waals surface area contributed by atoms with E-state index in [2.05, 4.69) is 42.7 Å². The highest BCUT2D eigenvalue weighted by Gasteiger charge is 2.13. The number of aryl methyl sites for hydroxylation is 4. The van der Waals surface area contributed by atoms with Crippen LogP contribution in [-0.4, -0.2) is 21.6 Å². The van der Waals surface area contributed by atoms with E-state index in [-0.39, 0.29) is 12.2 Å². The van der Waals surface area contributed by atoms with Crippen molar-refractivity contribution < 1.29 is 14.3 Å². The van der Waals surface area contributed by atoms with Crippen LogP contribution in [0.5, 0.6) is 0 Å². The van der Waals surface area contributed by atoms with Crippen LogP contribution in [0.1, 0.15) is 33.6 Å². The van der Waals surface area contributed by atoms with Crippen LogP contribution >= 0.6 is 0 Å². The predicted octanol–water partition coefficient (Wildman–Crippen LogP) is 5.97. The van der Waals surface area contributed by atoms with Crippen LogP contribution in [0.3, 0.4) is 0 Å². The summed E-state index contributed by atoms with van der Waals surface area (Å²) in [6.45, 7) is 9.00.